The average molecular weight is 314 g/mol. The Hall–Kier alpha value is -1.63. The highest BCUT2D eigenvalue weighted by molar-refractivity contribution is 6.30. The molecule has 116 valence electrons. The van der Waals surface area contributed by atoms with Gasteiger partial charge in [-0.3, -0.25) is 9.59 Å². The predicted molar refractivity (Wildman–Crippen MR) is 82.7 cm³/mol. The lowest BCUT2D eigenvalue weighted by molar-refractivity contribution is -0.141. The van der Waals surface area contributed by atoms with Crippen LogP contribution in [0, 0.1) is 0 Å². The number of anilines is 1. The van der Waals surface area contributed by atoms with E-state index in [0.29, 0.717) is 23.8 Å². The minimum absolute atomic E-state index is 0.134. The first kappa shape index (κ1) is 17.4. The van der Waals surface area contributed by atoms with Crippen LogP contribution in [0.4, 0.5) is 5.69 Å². The predicted octanol–water partition coefficient (Wildman–Crippen LogP) is 1.27. The summed E-state index contributed by atoms with van der Waals surface area (Å²) in [6.45, 7) is 1.20. The van der Waals surface area contributed by atoms with Gasteiger partial charge in [0.2, 0.25) is 5.91 Å². The quantitative estimate of drug-likeness (QED) is 0.673. The minimum Gasteiger partial charge on any atom is -0.480 e. The van der Waals surface area contributed by atoms with Crippen LogP contribution >= 0.6 is 11.6 Å². The van der Waals surface area contributed by atoms with Crippen LogP contribution < -0.4 is 10.6 Å². The zero-order chi connectivity index (χ0) is 15.8. The summed E-state index contributed by atoms with van der Waals surface area (Å²) in [7, 11) is 3.79. The van der Waals surface area contributed by atoms with Crippen LogP contribution in [-0.4, -0.2) is 55.1 Å². The Morgan fingerprint density at radius 2 is 1.90 bits per heavy atom. The van der Waals surface area contributed by atoms with Crippen molar-refractivity contribution < 1.29 is 14.7 Å². The number of carboxylic acids is 1. The first-order chi connectivity index (χ1) is 9.88. The number of carboxylic acid groups (broad SMARTS) is 1. The van der Waals surface area contributed by atoms with Crippen molar-refractivity contribution in [3.05, 3.63) is 29.3 Å². The van der Waals surface area contributed by atoms with Gasteiger partial charge >= 0.3 is 5.97 Å². The molecule has 1 atom stereocenters. The standard InChI is InChI=1S/C14H20ClN3O3/c1-18(2)8-7-16-12(14(20)21)9-13(19)17-11-5-3-10(15)4-6-11/h3-6,12,16H,7-9H2,1-2H3,(H,17,19)(H,20,21)/t12-/m1/s1. The topological polar surface area (TPSA) is 81.7 Å². The Bertz CT molecular complexity index is 477. The molecule has 7 heteroatoms. The number of nitrogens with zero attached hydrogens (tertiary/aromatic N) is 1. The van der Waals surface area contributed by atoms with E-state index in [-0.39, 0.29) is 12.3 Å². The highest BCUT2D eigenvalue weighted by Crippen LogP contribution is 2.13. The molecule has 0 spiro atoms. The van der Waals surface area contributed by atoms with E-state index in [4.69, 9.17) is 16.7 Å². The molecular weight excluding hydrogens is 294 g/mol. The maximum atomic E-state index is 11.9. The number of halogens is 1. The molecule has 21 heavy (non-hydrogen) atoms. The number of aliphatic carboxylic acids is 1. The monoisotopic (exact) mass is 313 g/mol. The molecule has 3 N–H and O–H groups in total. The SMILES string of the molecule is CN(C)CCN[C@H](CC(=O)Nc1ccc(Cl)cc1)C(=O)O. The summed E-state index contributed by atoms with van der Waals surface area (Å²) >= 11 is 5.75. The molecule has 0 saturated heterocycles. The molecule has 0 aliphatic heterocycles. The summed E-state index contributed by atoms with van der Waals surface area (Å²) in [5, 5.41) is 15.2. The minimum atomic E-state index is -1.04. The molecule has 0 fully saturated rings. The van der Waals surface area contributed by atoms with Crippen LogP contribution in [0.3, 0.4) is 0 Å². The summed E-state index contributed by atoms with van der Waals surface area (Å²) in [6.07, 6.45) is -0.134. The maximum Gasteiger partial charge on any atom is 0.321 e. The maximum absolute atomic E-state index is 11.9. The molecule has 0 unspecified atom stereocenters. The van der Waals surface area contributed by atoms with E-state index in [2.05, 4.69) is 10.6 Å². The van der Waals surface area contributed by atoms with Crippen molar-refractivity contribution in [1.82, 2.24) is 10.2 Å². The summed E-state index contributed by atoms with van der Waals surface area (Å²) in [6, 6.07) is 5.73. The highest BCUT2D eigenvalue weighted by Gasteiger charge is 2.20. The third-order valence-corrected chi connectivity index (χ3v) is 3.02. The lowest BCUT2D eigenvalue weighted by Gasteiger charge is -2.16. The fraction of sp³-hybridized carbons (Fsp3) is 0.429. The molecule has 1 aromatic carbocycles. The van der Waals surface area contributed by atoms with Crippen LogP contribution in [-0.2, 0) is 9.59 Å². The molecule has 0 radical (unpaired) electrons. The Labute approximate surface area is 129 Å². The van der Waals surface area contributed by atoms with Crippen molar-refractivity contribution in [2.45, 2.75) is 12.5 Å². The Morgan fingerprint density at radius 3 is 2.43 bits per heavy atom. The van der Waals surface area contributed by atoms with E-state index in [1.807, 2.05) is 19.0 Å². The number of carbonyl (C=O) groups is 2. The first-order valence-corrected chi connectivity index (χ1v) is 6.92. The number of likely N-dealkylation sites (N-methyl/N-ethyl adjacent to an activating group) is 1. The van der Waals surface area contributed by atoms with E-state index < -0.39 is 12.0 Å². The molecule has 6 nitrogen and oxygen atoms in total. The van der Waals surface area contributed by atoms with Gasteiger partial charge in [0.15, 0.2) is 0 Å². The molecule has 0 aliphatic rings. The van der Waals surface area contributed by atoms with E-state index in [1.54, 1.807) is 24.3 Å². The first-order valence-electron chi connectivity index (χ1n) is 6.55. The summed E-state index contributed by atoms with van der Waals surface area (Å²) < 4.78 is 0. The third kappa shape index (κ3) is 7.08. The van der Waals surface area contributed by atoms with Crippen LogP contribution in [0.5, 0.6) is 0 Å². The van der Waals surface area contributed by atoms with Crippen molar-refractivity contribution in [1.29, 1.82) is 0 Å². The van der Waals surface area contributed by atoms with Crippen LogP contribution in [0.15, 0.2) is 24.3 Å². The zero-order valence-corrected chi connectivity index (χ0v) is 12.9. The molecular formula is C14H20ClN3O3. The summed E-state index contributed by atoms with van der Waals surface area (Å²) in [4.78, 5) is 24.9. The summed E-state index contributed by atoms with van der Waals surface area (Å²) in [5.74, 6) is -1.40. The Morgan fingerprint density at radius 1 is 1.29 bits per heavy atom. The number of nitrogens with one attached hydrogen (secondary N) is 2. The zero-order valence-electron chi connectivity index (χ0n) is 12.1. The normalized spacial score (nSPS) is 12.2. The molecule has 1 aromatic rings. The number of hydrogen-bond donors (Lipinski definition) is 3. The molecule has 1 rings (SSSR count). The van der Waals surface area contributed by atoms with Gasteiger partial charge in [0.25, 0.3) is 0 Å². The number of amides is 1. The largest absolute Gasteiger partial charge is 0.480 e. The van der Waals surface area contributed by atoms with Crippen LogP contribution in [0.1, 0.15) is 6.42 Å². The van der Waals surface area contributed by atoms with Gasteiger partial charge in [0, 0.05) is 23.8 Å². The number of benzene rings is 1. The van der Waals surface area contributed by atoms with Crippen molar-refractivity contribution in [3.63, 3.8) is 0 Å². The summed E-state index contributed by atoms with van der Waals surface area (Å²) in [5.41, 5.74) is 0.585. The van der Waals surface area contributed by atoms with E-state index in [9.17, 15) is 9.59 Å². The molecule has 0 bridgehead atoms. The van der Waals surface area contributed by atoms with E-state index >= 15 is 0 Å². The third-order valence-electron chi connectivity index (χ3n) is 2.77. The molecule has 0 heterocycles. The van der Waals surface area contributed by atoms with Gasteiger partial charge in [0.1, 0.15) is 6.04 Å². The second kappa shape index (κ2) is 8.61. The Kier molecular flexibility index (Phi) is 7.14. The second-order valence-electron chi connectivity index (χ2n) is 4.91. The van der Waals surface area contributed by atoms with Crippen molar-refractivity contribution in [2.24, 2.45) is 0 Å². The molecule has 0 aromatic heterocycles. The van der Waals surface area contributed by atoms with Gasteiger partial charge in [-0.1, -0.05) is 11.6 Å². The van der Waals surface area contributed by atoms with Gasteiger partial charge in [-0.15, -0.1) is 0 Å². The van der Waals surface area contributed by atoms with Crippen molar-refractivity contribution in [2.75, 3.05) is 32.5 Å². The number of carbonyl (C=O) groups excluding carboxylic acids is 1. The van der Waals surface area contributed by atoms with E-state index in [0.717, 1.165) is 0 Å². The van der Waals surface area contributed by atoms with Gasteiger partial charge in [-0.25, -0.2) is 0 Å². The lowest BCUT2D eigenvalue weighted by atomic mass is 10.2. The molecule has 1 amide bonds. The number of rotatable bonds is 8. The van der Waals surface area contributed by atoms with Gasteiger partial charge in [-0.2, -0.15) is 0 Å². The second-order valence-corrected chi connectivity index (χ2v) is 5.34. The van der Waals surface area contributed by atoms with Crippen molar-refractivity contribution in [3.8, 4) is 0 Å². The van der Waals surface area contributed by atoms with E-state index in [1.165, 1.54) is 0 Å². The molecule has 0 aliphatic carbocycles. The van der Waals surface area contributed by atoms with Gasteiger partial charge in [-0.05, 0) is 38.4 Å². The smallest absolute Gasteiger partial charge is 0.321 e. The number of hydrogen-bond acceptors (Lipinski definition) is 4. The molecule has 0 saturated carbocycles. The fourth-order valence-electron chi connectivity index (χ4n) is 1.64. The fourth-order valence-corrected chi connectivity index (χ4v) is 1.77. The van der Waals surface area contributed by atoms with Crippen LogP contribution in [0.25, 0.3) is 0 Å². The highest BCUT2D eigenvalue weighted by atomic mass is 35.5. The lowest BCUT2D eigenvalue weighted by Crippen LogP contribution is -2.42. The van der Waals surface area contributed by atoms with Crippen LogP contribution in [0.2, 0.25) is 5.02 Å². The average Bonchev–Trinajstić information content (AvgIpc) is 2.39. The van der Waals surface area contributed by atoms with Crippen molar-refractivity contribution >= 4 is 29.2 Å². The van der Waals surface area contributed by atoms with Gasteiger partial charge in [0.05, 0.1) is 6.42 Å². The Balaban J connectivity index is 2.48. The van der Waals surface area contributed by atoms with Gasteiger partial charge < -0.3 is 20.6 Å².